The number of aliphatic imine (C=N–C) groups is 1. The predicted octanol–water partition coefficient (Wildman–Crippen LogP) is 3.49. The Labute approximate surface area is 182 Å². The molecule has 1 aromatic carbocycles. The molecule has 0 amide bonds. The molecule has 1 saturated heterocycles. The summed E-state index contributed by atoms with van der Waals surface area (Å²) >= 11 is 0. The lowest BCUT2D eigenvalue weighted by molar-refractivity contribution is -0.137. The zero-order valence-electron chi connectivity index (χ0n) is 16.6. The van der Waals surface area contributed by atoms with Gasteiger partial charge in [0, 0.05) is 39.8 Å². The Balaban J connectivity index is 0.00000392. The van der Waals surface area contributed by atoms with Crippen LogP contribution in [0.3, 0.4) is 0 Å². The summed E-state index contributed by atoms with van der Waals surface area (Å²) in [4.78, 5) is 6.55. The van der Waals surface area contributed by atoms with Crippen molar-refractivity contribution >= 4 is 29.9 Å². The van der Waals surface area contributed by atoms with Gasteiger partial charge in [0.05, 0.1) is 17.8 Å². The molecule has 0 spiro atoms. The van der Waals surface area contributed by atoms with Gasteiger partial charge in [-0.3, -0.25) is 9.89 Å². The largest absolute Gasteiger partial charge is 0.416 e. The first-order valence-corrected chi connectivity index (χ1v) is 9.26. The second-order valence-electron chi connectivity index (χ2n) is 6.92. The van der Waals surface area contributed by atoms with E-state index in [0.29, 0.717) is 12.5 Å². The first-order chi connectivity index (χ1) is 12.8. The highest BCUT2D eigenvalue weighted by atomic mass is 127. The van der Waals surface area contributed by atoms with Crippen LogP contribution in [0, 0.1) is 0 Å². The van der Waals surface area contributed by atoms with E-state index in [2.05, 4.69) is 34.4 Å². The minimum atomic E-state index is -4.31. The Hall–Kier alpha value is -1.07. The Morgan fingerprint density at radius 3 is 2.29 bits per heavy atom. The van der Waals surface area contributed by atoms with Gasteiger partial charge >= 0.3 is 6.18 Å². The molecule has 160 valence electrons. The van der Waals surface area contributed by atoms with Crippen molar-refractivity contribution in [3.63, 3.8) is 0 Å². The molecular formula is C19H30F3IN4O. The van der Waals surface area contributed by atoms with Crippen molar-refractivity contribution in [1.82, 2.24) is 15.5 Å². The zero-order chi connectivity index (χ0) is 19.9. The van der Waals surface area contributed by atoms with Gasteiger partial charge in [0.2, 0.25) is 0 Å². The van der Waals surface area contributed by atoms with Gasteiger partial charge < -0.3 is 15.4 Å². The van der Waals surface area contributed by atoms with E-state index in [1.165, 1.54) is 12.1 Å². The molecule has 0 aromatic heterocycles. The van der Waals surface area contributed by atoms with Crippen molar-refractivity contribution in [3.8, 4) is 0 Å². The summed E-state index contributed by atoms with van der Waals surface area (Å²) in [6, 6.07) is 5.14. The predicted molar refractivity (Wildman–Crippen MR) is 116 cm³/mol. The van der Waals surface area contributed by atoms with Crippen LogP contribution in [-0.4, -0.2) is 56.3 Å². The lowest BCUT2D eigenvalue weighted by atomic mass is 10.1. The number of morpholine rings is 1. The number of nitrogens with one attached hydrogen (secondary N) is 2. The van der Waals surface area contributed by atoms with E-state index in [1.807, 2.05) is 0 Å². The molecule has 1 heterocycles. The molecule has 2 rings (SSSR count). The van der Waals surface area contributed by atoms with Gasteiger partial charge in [-0.15, -0.1) is 24.0 Å². The molecule has 2 N–H and O–H groups in total. The van der Waals surface area contributed by atoms with Crippen LogP contribution < -0.4 is 10.6 Å². The number of halogens is 4. The Kier molecular flexibility index (Phi) is 10.5. The van der Waals surface area contributed by atoms with Gasteiger partial charge in [-0.05, 0) is 38.0 Å². The lowest BCUT2D eigenvalue weighted by Gasteiger charge is -2.35. The highest BCUT2D eigenvalue weighted by molar-refractivity contribution is 14.0. The Bertz CT molecular complexity index is 600. The van der Waals surface area contributed by atoms with Crippen molar-refractivity contribution in [3.05, 3.63) is 35.4 Å². The van der Waals surface area contributed by atoms with E-state index in [0.717, 1.165) is 50.3 Å². The maximum absolute atomic E-state index is 12.6. The first-order valence-electron chi connectivity index (χ1n) is 9.26. The van der Waals surface area contributed by atoms with Gasteiger partial charge in [-0.1, -0.05) is 12.1 Å². The van der Waals surface area contributed by atoms with Gasteiger partial charge in [-0.25, -0.2) is 0 Å². The first kappa shape index (κ1) is 25.0. The summed E-state index contributed by atoms with van der Waals surface area (Å²) in [5.74, 6) is 0.638. The number of guanidine groups is 1. The number of hydrogen-bond donors (Lipinski definition) is 2. The number of ether oxygens (including phenoxy) is 1. The smallest absolute Gasteiger partial charge is 0.373 e. The van der Waals surface area contributed by atoms with Gasteiger partial charge in [0.15, 0.2) is 5.96 Å². The number of nitrogens with zero attached hydrogens (tertiary/aromatic N) is 2. The van der Waals surface area contributed by atoms with E-state index in [1.54, 1.807) is 7.05 Å². The molecule has 2 unspecified atom stereocenters. The Morgan fingerprint density at radius 1 is 1.14 bits per heavy atom. The molecule has 1 aliphatic rings. The highest BCUT2D eigenvalue weighted by Gasteiger charge is 2.29. The fraction of sp³-hybridized carbons (Fsp3) is 0.632. The van der Waals surface area contributed by atoms with Crippen molar-refractivity contribution in [2.24, 2.45) is 4.99 Å². The van der Waals surface area contributed by atoms with Crippen LogP contribution in [0.25, 0.3) is 0 Å². The molecule has 0 saturated carbocycles. The number of hydrogen-bond acceptors (Lipinski definition) is 3. The molecule has 1 aliphatic heterocycles. The summed E-state index contributed by atoms with van der Waals surface area (Å²) in [5.41, 5.74) is 0.128. The zero-order valence-corrected chi connectivity index (χ0v) is 18.9. The average molecular weight is 514 g/mol. The molecule has 1 aromatic rings. The third kappa shape index (κ3) is 8.52. The molecule has 5 nitrogen and oxygen atoms in total. The number of rotatable bonds is 6. The van der Waals surface area contributed by atoms with Crippen molar-refractivity contribution < 1.29 is 17.9 Å². The molecule has 2 atom stereocenters. The monoisotopic (exact) mass is 514 g/mol. The highest BCUT2D eigenvalue weighted by Crippen LogP contribution is 2.29. The van der Waals surface area contributed by atoms with Crippen LogP contribution in [0.4, 0.5) is 13.2 Å². The molecule has 1 fully saturated rings. The lowest BCUT2D eigenvalue weighted by Crippen LogP contribution is -2.46. The second kappa shape index (κ2) is 11.8. The second-order valence-corrected chi connectivity index (χ2v) is 6.92. The maximum Gasteiger partial charge on any atom is 0.416 e. The summed E-state index contributed by atoms with van der Waals surface area (Å²) in [7, 11) is 1.67. The van der Waals surface area contributed by atoms with Gasteiger partial charge in [-0.2, -0.15) is 13.2 Å². The number of benzene rings is 1. The molecule has 0 aliphatic carbocycles. The van der Waals surface area contributed by atoms with Crippen LogP contribution in [0.15, 0.2) is 29.3 Å². The fourth-order valence-corrected chi connectivity index (χ4v) is 3.19. The summed E-state index contributed by atoms with van der Waals surface area (Å²) < 4.78 is 43.5. The summed E-state index contributed by atoms with van der Waals surface area (Å²) in [6.07, 6.45) is -2.81. The molecule has 28 heavy (non-hydrogen) atoms. The third-order valence-corrected chi connectivity index (χ3v) is 4.40. The van der Waals surface area contributed by atoms with Gasteiger partial charge in [0.1, 0.15) is 0 Å². The SMILES string of the molecule is CN=C(NCCCN1CC(C)OC(C)C1)NCc1ccc(C(F)(F)F)cc1.I. The third-order valence-electron chi connectivity index (χ3n) is 4.40. The molecule has 0 radical (unpaired) electrons. The Morgan fingerprint density at radius 2 is 1.75 bits per heavy atom. The van der Waals surface area contributed by atoms with Crippen LogP contribution >= 0.6 is 24.0 Å². The average Bonchev–Trinajstić information content (AvgIpc) is 2.60. The maximum atomic E-state index is 12.6. The van der Waals surface area contributed by atoms with E-state index >= 15 is 0 Å². The van der Waals surface area contributed by atoms with E-state index in [-0.39, 0.29) is 36.2 Å². The minimum absolute atomic E-state index is 0. The normalized spacial score (nSPS) is 21.1. The van der Waals surface area contributed by atoms with E-state index in [9.17, 15) is 13.2 Å². The van der Waals surface area contributed by atoms with E-state index in [4.69, 9.17) is 4.74 Å². The summed E-state index contributed by atoms with van der Waals surface area (Å²) in [5, 5.41) is 6.36. The van der Waals surface area contributed by atoms with Crippen LogP contribution in [0.1, 0.15) is 31.4 Å². The van der Waals surface area contributed by atoms with Gasteiger partial charge in [0.25, 0.3) is 0 Å². The number of alkyl halides is 3. The standard InChI is InChI=1S/C19H29F3N4O.HI/c1-14-12-26(13-15(2)27-14)10-4-9-24-18(23-3)25-11-16-5-7-17(8-6-16)19(20,21)22;/h5-8,14-15H,4,9-13H2,1-3H3,(H2,23,24,25);1H. The molecular weight excluding hydrogens is 484 g/mol. The van der Waals surface area contributed by atoms with Crippen molar-refractivity contribution in [2.75, 3.05) is 33.2 Å². The summed E-state index contributed by atoms with van der Waals surface area (Å²) in [6.45, 7) is 8.25. The van der Waals surface area contributed by atoms with Crippen LogP contribution in [0.5, 0.6) is 0 Å². The molecule has 9 heteroatoms. The molecule has 0 bridgehead atoms. The minimum Gasteiger partial charge on any atom is -0.373 e. The topological polar surface area (TPSA) is 48.9 Å². The van der Waals surface area contributed by atoms with Crippen molar-refractivity contribution in [2.45, 2.75) is 45.2 Å². The van der Waals surface area contributed by atoms with Crippen LogP contribution in [-0.2, 0) is 17.5 Å². The quantitative estimate of drug-likeness (QED) is 0.264. The van der Waals surface area contributed by atoms with E-state index < -0.39 is 11.7 Å². The fourth-order valence-electron chi connectivity index (χ4n) is 3.19. The van der Waals surface area contributed by atoms with Crippen molar-refractivity contribution in [1.29, 1.82) is 0 Å². The van der Waals surface area contributed by atoms with Crippen LogP contribution in [0.2, 0.25) is 0 Å².